The van der Waals surface area contributed by atoms with Crippen LogP contribution in [0, 0.1) is 23.2 Å². The Hall–Kier alpha value is -2.85. The smallest absolute Gasteiger partial charge is 0.262 e. The van der Waals surface area contributed by atoms with E-state index in [1.54, 1.807) is 22.8 Å². The summed E-state index contributed by atoms with van der Waals surface area (Å²) in [6.07, 6.45) is 2.52. The standard InChI is InChI=1S/C32H40Cl2N6O3/c1-18-25-12-20(32(25,2)3)13-27(18)37-31(39-16-23(42)17-39)36-22-6-7-24-28(15-22)38-30(35-9-11-41)40(29(24)43)10-8-19-4-5-21(33)14-26(19)34/h4-7,14-15,18,20,23,25,27,41-42H,8-13,16-17H2,1-3H3,(H,35,38)(H,36,37)/t18-,20-,25+,27-/m0/s1. The fraction of sp³-hybridized carbons (Fsp3) is 0.531. The predicted octanol–water partition coefficient (Wildman–Crippen LogP) is 4.87. The van der Waals surface area contributed by atoms with Crippen molar-refractivity contribution in [3.05, 3.63) is 62.4 Å². The topological polar surface area (TPSA) is 115 Å². The van der Waals surface area contributed by atoms with Crippen molar-refractivity contribution in [2.45, 2.75) is 58.7 Å². The largest absolute Gasteiger partial charge is 0.395 e. The summed E-state index contributed by atoms with van der Waals surface area (Å²) in [7, 11) is 0. The van der Waals surface area contributed by atoms with Crippen molar-refractivity contribution in [3.63, 3.8) is 0 Å². The normalized spacial score (nSPS) is 24.9. The van der Waals surface area contributed by atoms with E-state index in [-0.39, 0.29) is 30.9 Å². The van der Waals surface area contributed by atoms with Gasteiger partial charge >= 0.3 is 0 Å². The molecule has 43 heavy (non-hydrogen) atoms. The highest BCUT2D eigenvalue weighted by atomic mass is 35.5. The lowest BCUT2D eigenvalue weighted by atomic mass is 9.45. The molecule has 230 valence electrons. The van der Waals surface area contributed by atoms with Gasteiger partial charge in [0.2, 0.25) is 5.95 Å². The number of fused-ring (bicyclic) bond motifs is 3. The quantitative estimate of drug-likeness (QED) is 0.208. The highest BCUT2D eigenvalue weighted by molar-refractivity contribution is 6.35. The molecular weight excluding hydrogens is 587 g/mol. The number of aryl methyl sites for hydroxylation is 1. The van der Waals surface area contributed by atoms with Crippen LogP contribution in [0.1, 0.15) is 39.2 Å². The summed E-state index contributed by atoms with van der Waals surface area (Å²) >= 11 is 12.4. The molecule has 4 aliphatic rings. The minimum absolute atomic E-state index is 0.0987. The summed E-state index contributed by atoms with van der Waals surface area (Å²) in [6.45, 7) is 8.68. The molecule has 3 saturated carbocycles. The van der Waals surface area contributed by atoms with E-state index in [1.165, 1.54) is 6.42 Å². The van der Waals surface area contributed by atoms with Gasteiger partial charge in [0.05, 0.1) is 29.7 Å². The van der Waals surface area contributed by atoms with Crippen LogP contribution < -0.4 is 16.2 Å². The SMILES string of the molecule is C[C@@H]1[C@@H](/N=C(/Nc2ccc3c(=O)n(CCc4ccc(Cl)cc4Cl)c(NCCO)nc3c2)N2CC(O)C2)C[C@@H]2C[C@H]1C2(C)C. The van der Waals surface area contributed by atoms with Crippen LogP contribution in [-0.4, -0.2) is 69.0 Å². The molecule has 7 rings (SSSR count). The van der Waals surface area contributed by atoms with Crippen LogP contribution in [-0.2, 0) is 13.0 Å². The number of hydrogen-bond donors (Lipinski definition) is 4. The first kappa shape index (κ1) is 30.2. The molecule has 2 heterocycles. The Bertz CT molecular complexity index is 1600. The molecule has 1 saturated heterocycles. The van der Waals surface area contributed by atoms with E-state index in [4.69, 9.17) is 33.2 Å². The molecule has 4 atom stereocenters. The molecule has 4 fully saturated rings. The number of β-amino-alcohol motifs (C(OH)–C–C–N with tert-alkyl or cyclic N) is 1. The molecule has 3 aliphatic carbocycles. The minimum Gasteiger partial charge on any atom is -0.395 e. The number of benzene rings is 2. The summed E-state index contributed by atoms with van der Waals surface area (Å²) in [5, 5.41) is 27.7. The molecule has 3 aromatic rings. The molecule has 0 spiro atoms. The average molecular weight is 628 g/mol. The third-order valence-electron chi connectivity index (χ3n) is 9.99. The van der Waals surface area contributed by atoms with E-state index in [2.05, 4.69) is 36.3 Å². The molecule has 0 radical (unpaired) electrons. The molecule has 2 bridgehead atoms. The van der Waals surface area contributed by atoms with E-state index in [0.717, 1.165) is 23.6 Å². The van der Waals surface area contributed by atoms with Gasteiger partial charge in [0, 0.05) is 41.9 Å². The predicted molar refractivity (Wildman–Crippen MR) is 173 cm³/mol. The van der Waals surface area contributed by atoms with Crippen molar-refractivity contribution in [2.24, 2.45) is 28.2 Å². The number of aromatic nitrogens is 2. The summed E-state index contributed by atoms with van der Waals surface area (Å²) in [5.41, 5.74) is 2.38. The fourth-order valence-corrected chi connectivity index (χ4v) is 7.67. The van der Waals surface area contributed by atoms with E-state index < -0.39 is 0 Å². The van der Waals surface area contributed by atoms with E-state index in [1.807, 2.05) is 18.2 Å². The number of rotatable bonds is 8. The third-order valence-corrected chi connectivity index (χ3v) is 10.6. The Morgan fingerprint density at radius 3 is 2.63 bits per heavy atom. The number of guanidine groups is 1. The van der Waals surface area contributed by atoms with Crippen LogP contribution in [0.3, 0.4) is 0 Å². The molecule has 4 N–H and O–H groups in total. The van der Waals surface area contributed by atoms with Gasteiger partial charge in [-0.15, -0.1) is 0 Å². The number of aliphatic imine (C=N–C) groups is 1. The summed E-state index contributed by atoms with van der Waals surface area (Å²) in [4.78, 5) is 25.8. The van der Waals surface area contributed by atoms with Gasteiger partial charge in [0.25, 0.3) is 5.56 Å². The summed E-state index contributed by atoms with van der Waals surface area (Å²) < 4.78 is 1.58. The summed E-state index contributed by atoms with van der Waals surface area (Å²) in [6, 6.07) is 11.1. The first-order valence-electron chi connectivity index (χ1n) is 15.2. The number of anilines is 2. The van der Waals surface area contributed by atoms with Crippen molar-refractivity contribution in [1.82, 2.24) is 14.5 Å². The summed E-state index contributed by atoms with van der Waals surface area (Å²) in [5.74, 6) is 3.00. The van der Waals surface area contributed by atoms with Gasteiger partial charge in [0.15, 0.2) is 5.96 Å². The zero-order chi connectivity index (χ0) is 30.5. The molecule has 11 heteroatoms. The molecule has 0 amide bonds. The Morgan fingerprint density at radius 1 is 1.16 bits per heavy atom. The molecule has 2 aromatic carbocycles. The van der Waals surface area contributed by atoms with Gasteiger partial charge in [-0.3, -0.25) is 9.36 Å². The molecular formula is C32H40Cl2N6O3. The second kappa shape index (κ2) is 11.9. The molecule has 1 aliphatic heterocycles. The Labute approximate surface area is 261 Å². The first-order valence-corrected chi connectivity index (χ1v) is 15.9. The maximum Gasteiger partial charge on any atom is 0.262 e. The van der Waals surface area contributed by atoms with Crippen LogP contribution >= 0.6 is 23.2 Å². The van der Waals surface area contributed by atoms with Crippen LogP contribution in [0.2, 0.25) is 10.0 Å². The number of nitrogens with one attached hydrogen (secondary N) is 2. The highest BCUT2D eigenvalue weighted by Crippen LogP contribution is 2.61. The minimum atomic E-state index is -0.359. The zero-order valence-corrected chi connectivity index (χ0v) is 26.4. The number of likely N-dealkylation sites (tertiary alicyclic amines) is 1. The maximum absolute atomic E-state index is 13.7. The van der Waals surface area contributed by atoms with Crippen LogP contribution in [0.5, 0.6) is 0 Å². The van der Waals surface area contributed by atoms with Crippen LogP contribution in [0.4, 0.5) is 11.6 Å². The number of halogens is 2. The van der Waals surface area contributed by atoms with Gasteiger partial charge in [-0.1, -0.05) is 50.0 Å². The van der Waals surface area contributed by atoms with Gasteiger partial charge < -0.3 is 25.7 Å². The first-order chi connectivity index (χ1) is 20.5. The number of hydrogen-bond acceptors (Lipinski definition) is 6. The molecule has 9 nitrogen and oxygen atoms in total. The van der Waals surface area contributed by atoms with Gasteiger partial charge in [-0.25, -0.2) is 9.98 Å². The van der Waals surface area contributed by atoms with Crippen molar-refractivity contribution >= 4 is 51.7 Å². The molecule has 1 aromatic heterocycles. The third kappa shape index (κ3) is 5.84. The van der Waals surface area contributed by atoms with E-state index in [9.17, 15) is 15.0 Å². The second-order valence-corrected chi connectivity index (χ2v) is 13.8. The van der Waals surface area contributed by atoms with Gasteiger partial charge in [-0.05, 0) is 78.3 Å². The second-order valence-electron chi connectivity index (χ2n) is 12.9. The number of nitrogens with zero attached hydrogens (tertiary/aromatic N) is 4. The van der Waals surface area contributed by atoms with E-state index in [0.29, 0.717) is 76.1 Å². The number of aliphatic hydroxyl groups is 2. The van der Waals surface area contributed by atoms with Gasteiger partial charge in [0.1, 0.15) is 0 Å². The van der Waals surface area contributed by atoms with Crippen molar-refractivity contribution in [3.8, 4) is 0 Å². The lowest BCUT2D eigenvalue weighted by Crippen LogP contribution is -2.58. The lowest BCUT2D eigenvalue weighted by Gasteiger charge is -2.61. The van der Waals surface area contributed by atoms with Crippen LogP contribution in [0.15, 0.2) is 46.2 Å². The Kier molecular flexibility index (Phi) is 8.37. The Morgan fingerprint density at radius 2 is 1.95 bits per heavy atom. The monoisotopic (exact) mass is 626 g/mol. The Balaban J connectivity index is 1.28. The fourth-order valence-electron chi connectivity index (χ4n) is 7.17. The van der Waals surface area contributed by atoms with Crippen molar-refractivity contribution < 1.29 is 10.2 Å². The average Bonchev–Trinajstić information content (AvgIpc) is 2.95. The van der Waals surface area contributed by atoms with Crippen LogP contribution in [0.25, 0.3) is 10.9 Å². The zero-order valence-electron chi connectivity index (χ0n) is 24.9. The van der Waals surface area contributed by atoms with Crippen molar-refractivity contribution in [1.29, 1.82) is 0 Å². The highest BCUT2D eigenvalue weighted by Gasteiger charge is 2.56. The maximum atomic E-state index is 13.7. The van der Waals surface area contributed by atoms with E-state index >= 15 is 0 Å². The molecule has 0 unspecified atom stereocenters. The van der Waals surface area contributed by atoms with Gasteiger partial charge in [-0.2, -0.15) is 0 Å². The number of aliphatic hydroxyl groups excluding tert-OH is 2. The van der Waals surface area contributed by atoms with Crippen molar-refractivity contribution in [2.75, 3.05) is 36.9 Å². The lowest BCUT2D eigenvalue weighted by molar-refractivity contribution is -0.108.